The fraction of sp³-hybridized carbons (Fsp3) is 0.400. The number of anilines is 1. The summed E-state index contributed by atoms with van der Waals surface area (Å²) in [6, 6.07) is 7.99. The van der Waals surface area contributed by atoms with Crippen molar-refractivity contribution in [2.45, 2.75) is 20.0 Å². The SMILES string of the molecule is CCOC(=O)c1sc(NC(=O)CN2CCOC(c3ccc(F)cc3)C2)cc1C. The first-order chi connectivity index (χ1) is 13.5. The number of benzene rings is 1. The van der Waals surface area contributed by atoms with E-state index in [2.05, 4.69) is 5.32 Å². The third kappa shape index (κ3) is 5.15. The van der Waals surface area contributed by atoms with Crippen LogP contribution in [0.2, 0.25) is 0 Å². The van der Waals surface area contributed by atoms with Gasteiger partial charge in [0.15, 0.2) is 0 Å². The average molecular weight is 406 g/mol. The number of halogens is 1. The highest BCUT2D eigenvalue weighted by Crippen LogP contribution is 2.27. The summed E-state index contributed by atoms with van der Waals surface area (Å²) in [5.41, 5.74) is 1.67. The number of nitrogens with one attached hydrogen (secondary N) is 1. The molecule has 1 fully saturated rings. The van der Waals surface area contributed by atoms with Crippen LogP contribution in [-0.2, 0) is 14.3 Å². The maximum absolute atomic E-state index is 13.1. The van der Waals surface area contributed by atoms with Crippen LogP contribution in [0.4, 0.5) is 9.39 Å². The van der Waals surface area contributed by atoms with Crippen LogP contribution in [0.3, 0.4) is 0 Å². The smallest absolute Gasteiger partial charge is 0.348 e. The van der Waals surface area contributed by atoms with E-state index in [0.29, 0.717) is 36.2 Å². The summed E-state index contributed by atoms with van der Waals surface area (Å²) in [5.74, 6) is -0.818. The number of aryl methyl sites for hydroxylation is 1. The number of carbonyl (C=O) groups is 2. The molecule has 1 atom stereocenters. The van der Waals surface area contributed by atoms with Crippen molar-refractivity contribution in [3.8, 4) is 0 Å². The van der Waals surface area contributed by atoms with Gasteiger partial charge < -0.3 is 14.8 Å². The Hall–Kier alpha value is -2.29. The lowest BCUT2D eigenvalue weighted by atomic mass is 10.1. The number of thiophene rings is 1. The van der Waals surface area contributed by atoms with Crippen molar-refractivity contribution < 1.29 is 23.5 Å². The summed E-state index contributed by atoms with van der Waals surface area (Å²) >= 11 is 1.21. The Balaban J connectivity index is 1.56. The van der Waals surface area contributed by atoms with Crippen molar-refractivity contribution in [3.63, 3.8) is 0 Å². The Bertz CT molecular complexity index is 837. The number of hydrogen-bond acceptors (Lipinski definition) is 6. The third-order valence-electron chi connectivity index (χ3n) is 4.40. The van der Waals surface area contributed by atoms with E-state index in [0.717, 1.165) is 11.1 Å². The van der Waals surface area contributed by atoms with Crippen LogP contribution in [0.5, 0.6) is 0 Å². The predicted octanol–water partition coefficient (Wildman–Crippen LogP) is 3.38. The fourth-order valence-corrected chi connectivity index (χ4v) is 4.03. The zero-order valence-corrected chi connectivity index (χ0v) is 16.7. The average Bonchev–Trinajstić information content (AvgIpc) is 3.02. The van der Waals surface area contributed by atoms with Gasteiger partial charge in [0.2, 0.25) is 5.91 Å². The number of rotatable bonds is 6. The molecule has 0 aliphatic carbocycles. The molecule has 8 heteroatoms. The van der Waals surface area contributed by atoms with E-state index < -0.39 is 0 Å². The van der Waals surface area contributed by atoms with E-state index in [1.54, 1.807) is 25.1 Å². The lowest BCUT2D eigenvalue weighted by Gasteiger charge is -2.32. The van der Waals surface area contributed by atoms with Crippen molar-refractivity contribution in [1.29, 1.82) is 0 Å². The van der Waals surface area contributed by atoms with Gasteiger partial charge in [0.25, 0.3) is 0 Å². The molecule has 0 saturated carbocycles. The molecule has 6 nitrogen and oxygen atoms in total. The maximum Gasteiger partial charge on any atom is 0.348 e. The number of nitrogens with zero attached hydrogens (tertiary/aromatic N) is 1. The molecule has 150 valence electrons. The number of esters is 1. The maximum atomic E-state index is 13.1. The first kappa shape index (κ1) is 20.4. The Morgan fingerprint density at radius 2 is 2.11 bits per heavy atom. The minimum Gasteiger partial charge on any atom is -0.462 e. The third-order valence-corrected chi connectivity index (χ3v) is 5.53. The summed E-state index contributed by atoms with van der Waals surface area (Å²) in [5, 5.41) is 3.47. The van der Waals surface area contributed by atoms with E-state index in [1.165, 1.54) is 23.5 Å². The normalized spacial score (nSPS) is 17.3. The molecule has 1 amide bonds. The monoisotopic (exact) mass is 406 g/mol. The minimum absolute atomic E-state index is 0.156. The predicted molar refractivity (Wildman–Crippen MR) is 105 cm³/mol. The number of ether oxygens (including phenoxy) is 2. The van der Waals surface area contributed by atoms with Crippen LogP contribution < -0.4 is 5.32 Å². The van der Waals surface area contributed by atoms with Crippen LogP contribution in [0.25, 0.3) is 0 Å². The van der Waals surface area contributed by atoms with E-state index in [4.69, 9.17) is 9.47 Å². The van der Waals surface area contributed by atoms with Gasteiger partial charge in [-0.05, 0) is 43.2 Å². The van der Waals surface area contributed by atoms with Gasteiger partial charge in [-0.2, -0.15) is 0 Å². The second kappa shape index (κ2) is 9.27. The van der Waals surface area contributed by atoms with Gasteiger partial charge >= 0.3 is 5.97 Å². The van der Waals surface area contributed by atoms with E-state index in [1.807, 2.05) is 11.8 Å². The van der Waals surface area contributed by atoms with Crippen molar-refractivity contribution in [1.82, 2.24) is 4.90 Å². The summed E-state index contributed by atoms with van der Waals surface area (Å²) < 4.78 is 23.9. The van der Waals surface area contributed by atoms with Crippen LogP contribution >= 0.6 is 11.3 Å². The molecular formula is C20H23FN2O4S. The van der Waals surface area contributed by atoms with E-state index >= 15 is 0 Å². The van der Waals surface area contributed by atoms with Gasteiger partial charge in [-0.3, -0.25) is 9.69 Å². The lowest BCUT2D eigenvalue weighted by Crippen LogP contribution is -2.42. The first-order valence-corrected chi connectivity index (χ1v) is 9.94. The molecule has 3 rings (SSSR count). The Morgan fingerprint density at radius 3 is 2.82 bits per heavy atom. The fourth-order valence-electron chi connectivity index (χ4n) is 3.05. The zero-order chi connectivity index (χ0) is 20.1. The van der Waals surface area contributed by atoms with E-state index in [9.17, 15) is 14.0 Å². The molecule has 0 spiro atoms. The van der Waals surface area contributed by atoms with Gasteiger partial charge in [-0.15, -0.1) is 11.3 Å². The Morgan fingerprint density at radius 1 is 1.36 bits per heavy atom. The molecule has 1 saturated heterocycles. The molecule has 28 heavy (non-hydrogen) atoms. The van der Waals surface area contributed by atoms with Crippen LogP contribution in [0.15, 0.2) is 30.3 Å². The van der Waals surface area contributed by atoms with Crippen molar-refractivity contribution in [3.05, 3.63) is 52.2 Å². The molecule has 1 aromatic carbocycles. The van der Waals surface area contributed by atoms with Crippen molar-refractivity contribution >= 4 is 28.2 Å². The largest absolute Gasteiger partial charge is 0.462 e. The second-order valence-corrected chi connectivity index (χ2v) is 7.59. The molecule has 1 N–H and O–H groups in total. The molecular weight excluding hydrogens is 383 g/mol. The molecule has 0 bridgehead atoms. The summed E-state index contributed by atoms with van der Waals surface area (Å²) in [7, 11) is 0. The molecule has 1 unspecified atom stereocenters. The van der Waals surface area contributed by atoms with Gasteiger partial charge in [-0.25, -0.2) is 9.18 Å². The summed E-state index contributed by atoms with van der Waals surface area (Å²) in [6.07, 6.45) is -0.193. The van der Waals surface area contributed by atoms with Crippen molar-refractivity contribution in [2.75, 3.05) is 38.2 Å². The Labute approximate surface area is 167 Å². The van der Waals surface area contributed by atoms with Crippen LogP contribution in [0.1, 0.15) is 33.8 Å². The molecule has 1 aromatic heterocycles. The lowest BCUT2D eigenvalue weighted by molar-refractivity contribution is -0.119. The zero-order valence-electron chi connectivity index (χ0n) is 15.9. The first-order valence-electron chi connectivity index (χ1n) is 9.13. The molecule has 1 aliphatic rings. The highest BCUT2D eigenvalue weighted by Gasteiger charge is 2.24. The van der Waals surface area contributed by atoms with Crippen molar-refractivity contribution in [2.24, 2.45) is 0 Å². The standard InChI is InChI=1S/C20H23FN2O4S/c1-3-26-20(25)19-13(2)10-18(28-19)22-17(24)12-23-8-9-27-16(11-23)14-4-6-15(21)7-5-14/h4-7,10,16H,3,8-9,11-12H2,1-2H3,(H,22,24). The molecule has 2 aromatic rings. The quantitative estimate of drug-likeness (QED) is 0.745. The topological polar surface area (TPSA) is 67.9 Å². The van der Waals surface area contributed by atoms with Gasteiger partial charge in [0, 0.05) is 13.1 Å². The number of morpholine rings is 1. The summed E-state index contributed by atoms with van der Waals surface area (Å²) in [6.45, 7) is 5.79. The Kier molecular flexibility index (Phi) is 6.77. The van der Waals surface area contributed by atoms with Gasteiger partial charge in [0.1, 0.15) is 10.7 Å². The highest BCUT2D eigenvalue weighted by atomic mass is 32.1. The molecule has 0 radical (unpaired) electrons. The van der Waals surface area contributed by atoms with Gasteiger partial charge in [-0.1, -0.05) is 12.1 Å². The van der Waals surface area contributed by atoms with Crippen LogP contribution in [-0.4, -0.2) is 49.6 Å². The van der Waals surface area contributed by atoms with E-state index in [-0.39, 0.29) is 30.3 Å². The van der Waals surface area contributed by atoms with Gasteiger partial charge in [0.05, 0.1) is 30.9 Å². The number of hydrogen-bond donors (Lipinski definition) is 1. The number of amides is 1. The molecule has 1 aliphatic heterocycles. The summed E-state index contributed by atoms with van der Waals surface area (Å²) in [4.78, 5) is 26.8. The number of carbonyl (C=O) groups excluding carboxylic acids is 2. The van der Waals surface area contributed by atoms with Crippen LogP contribution in [0, 0.1) is 12.7 Å². The molecule has 2 heterocycles. The highest BCUT2D eigenvalue weighted by molar-refractivity contribution is 7.18. The second-order valence-electron chi connectivity index (χ2n) is 6.54. The minimum atomic E-state index is -0.374.